The summed E-state index contributed by atoms with van der Waals surface area (Å²) in [7, 11) is 0. The largest absolute Gasteiger partial charge is 0.476 e. The van der Waals surface area contributed by atoms with Gasteiger partial charge >= 0.3 is 5.97 Å². The molecule has 0 aliphatic carbocycles. The van der Waals surface area contributed by atoms with Crippen molar-refractivity contribution < 1.29 is 9.90 Å². The van der Waals surface area contributed by atoms with E-state index in [1.165, 1.54) is 10.7 Å². The maximum atomic E-state index is 11.0. The number of hydrogen-bond acceptors (Lipinski definition) is 4. The number of aromatic carboxylic acids is 1. The Hall–Kier alpha value is -1.98. The van der Waals surface area contributed by atoms with E-state index in [4.69, 9.17) is 5.11 Å². The first-order valence-electron chi connectivity index (χ1n) is 4.58. The fourth-order valence-corrected chi connectivity index (χ4v) is 1.46. The minimum atomic E-state index is -1.02. The fourth-order valence-electron chi connectivity index (χ4n) is 1.46. The molecule has 0 radical (unpaired) electrons. The van der Waals surface area contributed by atoms with Gasteiger partial charge in [0, 0.05) is 11.8 Å². The molecule has 6 heteroatoms. The monoisotopic (exact) mass is 206 g/mol. The number of aryl methyl sites for hydroxylation is 2. The van der Waals surface area contributed by atoms with Crippen LogP contribution in [-0.2, 0) is 6.42 Å². The van der Waals surface area contributed by atoms with Gasteiger partial charge in [-0.3, -0.25) is 0 Å². The normalized spacial score (nSPS) is 10.8. The number of nitrogens with zero attached hydrogens (tertiary/aromatic N) is 4. The Kier molecular flexibility index (Phi) is 2.11. The van der Waals surface area contributed by atoms with Crippen LogP contribution >= 0.6 is 0 Å². The van der Waals surface area contributed by atoms with E-state index in [2.05, 4.69) is 15.3 Å². The molecule has 2 rings (SSSR count). The molecule has 2 aromatic heterocycles. The van der Waals surface area contributed by atoms with Crippen LogP contribution < -0.4 is 0 Å². The van der Waals surface area contributed by atoms with Gasteiger partial charge in [0.05, 0.1) is 0 Å². The fraction of sp³-hybridized carbons (Fsp3) is 0.333. The summed E-state index contributed by atoms with van der Waals surface area (Å²) in [6.45, 7) is 3.61. The number of carboxylic acids is 1. The second kappa shape index (κ2) is 3.30. The molecule has 15 heavy (non-hydrogen) atoms. The van der Waals surface area contributed by atoms with Crippen molar-refractivity contribution in [2.24, 2.45) is 0 Å². The predicted molar refractivity (Wildman–Crippen MR) is 51.9 cm³/mol. The molecule has 78 valence electrons. The Balaban J connectivity index is 2.83. The zero-order valence-electron chi connectivity index (χ0n) is 8.43. The van der Waals surface area contributed by atoms with Crippen molar-refractivity contribution in [1.82, 2.24) is 19.8 Å². The Morgan fingerprint density at radius 2 is 2.33 bits per heavy atom. The Morgan fingerprint density at radius 3 is 2.93 bits per heavy atom. The Morgan fingerprint density at radius 1 is 1.60 bits per heavy atom. The third-order valence-corrected chi connectivity index (χ3v) is 2.22. The number of fused-ring (bicyclic) bond motifs is 1. The molecule has 0 bridgehead atoms. The van der Waals surface area contributed by atoms with Gasteiger partial charge < -0.3 is 5.11 Å². The molecule has 6 nitrogen and oxygen atoms in total. The SMILES string of the molecule is CCc1nnn2c(C(=O)O)c(C)cnc12. The minimum absolute atomic E-state index is 0.118. The number of hydrogen-bond donors (Lipinski definition) is 1. The Bertz CT molecular complexity index is 532. The van der Waals surface area contributed by atoms with Crippen LogP contribution in [0.3, 0.4) is 0 Å². The van der Waals surface area contributed by atoms with Gasteiger partial charge in [0.15, 0.2) is 11.3 Å². The maximum Gasteiger partial charge on any atom is 0.355 e. The standard InChI is InChI=1S/C9H10N4O2/c1-3-6-8-10-4-5(2)7(9(14)15)13(8)12-11-6/h4H,3H2,1-2H3,(H,14,15). The first-order chi connectivity index (χ1) is 7.15. The van der Waals surface area contributed by atoms with E-state index >= 15 is 0 Å². The molecule has 2 heterocycles. The summed E-state index contributed by atoms with van der Waals surface area (Å²) in [6.07, 6.45) is 2.21. The van der Waals surface area contributed by atoms with E-state index in [0.29, 0.717) is 23.3 Å². The van der Waals surface area contributed by atoms with Gasteiger partial charge in [-0.05, 0) is 13.3 Å². The lowest BCUT2D eigenvalue weighted by molar-refractivity contribution is 0.0686. The van der Waals surface area contributed by atoms with Gasteiger partial charge in [-0.2, -0.15) is 4.52 Å². The van der Waals surface area contributed by atoms with E-state index in [9.17, 15) is 4.79 Å². The zero-order valence-corrected chi connectivity index (χ0v) is 8.43. The zero-order chi connectivity index (χ0) is 11.0. The van der Waals surface area contributed by atoms with Crippen molar-refractivity contribution in [3.63, 3.8) is 0 Å². The summed E-state index contributed by atoms with van der Waals surface area (Å²) in [5.74, 6) is -1.02. The molecule has 1 N–H and O–H groups in total. The average molecular weight is 206 g/mol. The van der Waals surface area contributed by atoms with Crippen LogP contribution in [0.15, 0.2) is 6.20 Å². The first-order valence-corrected chi connectivity index (χ1v) is 4.58. The summed E-state index contributed by atoms with van der Waals surface area (Å²) < 4.78 is 1.27. The van der Waals surface area contributed by atoms with Crippen LogP contribution in [0.1, 0.15) is 28.7 Å². The molecule has 0 saturated heterocycles. The average Bonchev–Trinajstić information content (AvgIpc) is 2.59. The summed E-state index contributed by atoms with van der Waals surface area (Å²) in [5, 5.41) is 16.7. The molecular formula is C9H10N4O2. The molecule has 0 unspecified atom stereocenters. The molecule has 0 saturated carbocycles. The van der Waals surface area contributed by atoms with E-state index in [1.54, 1.807) is 6.92 Å². The first kappa shape index (κ1) is 9.57. The molecule has 0 aromatic carbocycles. The third-order valence-electron chi connectivity index (χ3n) is 2.22. The van der Waals surface area contributed by atoms with Crippen molar-refractivity contribution in [1.29, 1.82) is 0 Å². The Labute approximate surface area is 85.6 Å². The lowest BCUT2D eigenvalue weighted by Gasteiger charge is -2.01. The van der Waals surface area contributed by atoms with E-state index in [1.807, 2.05) is 6.92 Å². The minimum Gasteiger partial charge on any atom is -0.476 e. The van der Waals surface area contributed by atoms with Gasteiger partial charge in [0.2, 0.25) is 0 Å². The molecular weight excluding hydrogens is 196 g/mol. The van der Waals surface area contributed by atoms with E-state index in [0.717, 1.165) is 0 Å². The molecule has 0 aliphatic heterocycles. The van der Waals surface area contributed by atoms with Gasteiger partial charge in [0.25, 0.3) is 0 Å². The maximum absolute atomic E-state index is 11.0. The van der Waals surface area contributed by atoms with E-state index in [-0.39, 0.29) is 5.69 Å². The molecule has 2 aromatic rings. The lowest BCUT2D eigenvalue weighted by Crippen LogP contribution is -2.10. The van der Waals surface area contributed by atoms with Gasteiger partial charge in [0.1, 0.15) is 5.69 Å². The molecule has 0 spiro atoms. The van der Waals surface area contributed by atoms with Crippen LogP contribution in [0, 0.1) is 6.92 Å². The summed E-state index contributed by atoms with van der Waals surface area (Å²) in [6, 6.07) is 0. The van der Waals surface area contributed by atoms with E-state index < -0.39 is 5.97 Å². The lowest BCUT2D eigenvalue weighted by atomic mass is 10.2. The highest BCUT2D eigenvalue weighted by Gasteiger charge is 2.16. The van der Waals surface area contributed by atoms with Crippen molar-refractivity contribution in [3.8, 4) is 0 Å². The quantitative estimate of drug-likeness (QED) is 0.782. The van der Waals surface area contributed by atoms with Crippen molar-refractivity contribution in [3.05, 3.63) is 23.1 Å². The van der Waals surface area contributed by atoms with Crippen LogP contribution in [0.2, 0.25) is 0 Å². The highest BCUT2D eigenvalue weighted by Crippen LogP contribution is 2.11. The second-order valence-electron chi connectivity index (χ2n) is 3.22. The molecule has 0 aliphatic rings. The number of carbonyl (C=O) groups is 1. The predicted octanol–water partition coefficient (Wildman–Crippen LogP) is 0.693. The van der Waals surface area contributed by atoms with Gasteiger partial charge in [-0.1, -0.05) is 12.1 Å². The van der Waals surface area contributed by atoms with Crippen LogP contribution in [0.25, 0.3) is 5.65 Å². The highest BCUT2D eigenvalue weighted by molar-refractivity contribution is 5.87. The molecule has 0 atom stereocenters. The topological polar surface area (TPSA) is 80.4 Å². The van der Waals surface area contributed by atoms with Crippen molar-refractivity contribution in [2.75, 3.05) is 0 Å². The smallest absolute Gasteiger partial charge is 0.355 e. The van der Waals surface area contributed by atoms with Crippen LogP contribution in [0.5, 0.6) is 0 Å². The summed E-state index contributed by atoms with van der Waals surface area (Å²) in [4.78, 5) is 15.1. The van der Waals surface area contributed by atoms with Crippen molar-refractivity contribution in [2.45, 2.75) is 20.3 Å². The van der Waals surface area contributed by atoms with Crippen molar-refractivity contribution >= 4 is 11.6 Å². The summed E-state index contributed by atoms with van der Waals surface area (Å²) in [5.41, 5.74) is 1.91. The van der Waals surface area contributed by atoms with Crippen LogP contribution in [0.4, 0.5) is 0 Å². The molecule has 0 amide bonds. The van der Waals surface area contributed by atoms with Crippen LogP contribution in [-0.4, -0.2) is 30.9 Å². The van der Waals surface area contributed by atoms with Gasteiger partial charge in [-0.15, -0.1) is 5.10 Å². The number of aromatic nitrogens is 4. The highest BCUT2D eigenvalue weighted by atomic mass is 16.4. The van der Waals surface area contributed by atoms with Gasteiger partial charge in [-0.25, -0.2) is 9.78 Å². The third kappa shape index (κ3) is 1.34. The number of rotatable bonds is 2. The summed E-state index contributed by atoms with van der Waals surface area (Å²) >= 11 is 0. The number of carboxylic acid groups (broad SMARTS) is 1. The second-order valence-corrected chi connectivity index (χ2v) is 3.22. The molecule has 0 fully saturated rings.